The second-order valence-corrected chi connectivity index (χ2v) is 12.5. The number of nitrogens with one attached hydrogen (secondary N) is 1. The molecule has 0 aromatic heterocycles. The molecule has 254 valence electrons. The number of aryl methyl sites for hydroxylation is 2. The second kappa shape index (κ2) is 15.2. The SMILES string of the molecule is CCCN1CCCC[C@H]1C(=O)Nc1c(C)cccc1C.O=C(O)c1cc2ccccc2c(Cc2c(O)c(C(=O)O)cc3ccccc23)c1O. The van der Waals surface area contributed by atoms with E-state index in [0.29, 0.717) is 32.7 Å². The molecule has 6 rings (SSSR count). The Labute approximate surface area is 285 Å². The maximum atomic E-state index is 12.6. The third-order valence-electron chi connectivity index (χ3n) is 9.22. The number of hydrogen-bond donors (Lipinski definition) is 5. The van der Waals surface area contributed by atoms with Gasteiger partial charge in [-0.3, -0.25) is 9.69 Å². The highest BCUT2D eigenvalue weighted by atomic mass is 16.4. The van der Waals surface area contributed by atoms with Crippen molar-refractivity contribution in [3.63, 3.8) is 0 Å². The van der Waals surface area contributed by atoms with Crippen molar-refractivity contribution in [2.75, 3.05) is 18.4 Å². The lowest BCUT2D eigenvalue weighted by molar-refractivity contribution is -0.122. The number of aromatic carboxylic acids is 2. The number of anilines is 1. The number of nitrogens with zero attached hydrogens (tertiary/aromatic N) is 1. The van der Waals surface area contributed by atoms with E-state index in [4.69, 9.17) is 0 Å². The van der Waals surface area contributed by atoms with Crippen LogP contribution in [0.15, 0.2) is 78.9 Å². The molecule has 1 atom stereocenters. The van der Waals surface area contributed by atoms with E-state index >= 15 is 0 Å². The highest BCUT2D eigenvalue weighted by Crippen LogP contribution is 2.38. The monoisotopic (exact) mass is 662 g/mol. The highest BCUT2D eigenvalue weighted by Gasteiger charge is 2.28. The van der Waals surface area contributed by atoms with E-state index in [9.17, 15) is 34.8 Å². The lowest BCUT2D eigenvalue weighted by atomic mass is 9.90. The number of phenols is 2. The van der Waals surface area contributed by atoms with Crippen LogP contribution >= 0.6 is 0 Å². The third kappa shape index (κ3) is 7.52. The lowest BCUT2D eigenvalue weighted by Crippen LogP contribution is -2.47. The molecule has 1 saturated heterocycles. The molecule has 0 saturated carbocycles. The molecular formula is C40H42N2O7. The summed E-state index contributed by atoms with van der Waals surface area (Å²) in [6.45, 7) is 8.35. The van der Waals surface area contributed by atoms with Gasteiger partial charge in [0.15, 0.2) is 0 Å². The Bertz CT molecular complexity index is 1910. The summed E-state index contributed by atoms with van der Waals surface area (Å²) in [6, 6.07) is 22.9. The fourth-order valence-corrected chi connectivity index (χ4v) is 6.74. The minimum Gasteiger partial charge on any atom is -0.507 e. The van der Waals surface area contributed by atoms with Gasteiger partial charge in [-0.2, -0.15) is 0 Å². The van der Waals surface area contributed by atoms with Crippen molar-refractivity contribution in [2.24, 2.45) is 0 Å². The first-order chi connectivity index (χ1) is 23.5. The van der Waals surface area contributed by atoms with Crippen LogP contribution in [0.1, 0.15) is 75.6 Å². The van der Waals surface area contributed by atoms with Crippen molar-refractivity contribution in [1.29, 1.82) is 0 Å². The minimum absolute atomic E-state index is 0.0407. The number of para-hydroxylation sites is 1. The molecule has 0 bridgehead atoms. The lowest BCUT2D eigenvalue weighted by Gasteiger charge is -2.34. The van der Waals surface area contributed by atoms with Crippen LogP contribution in [0.5, 0.6) is 11.5 Å². The van der Waals surface area contributed by atoms with Gasteiger partial charge in [0.25, 0.3) is 0 Å². The molecule has 1 heterocycles. The van der Waals surface area contributed by atoms with E-state index in [2.05, 4.69) is 17.1 Å². The van der Waals surface area contributed by atoms with E-state index < -0.39 is 23.4 Å². The first kappa shape index (κ1) is 34.9. The van der Waals surface area contributed by atoms with Crippen LogP contribution in [0.4, 0.5) is 5.69 Å². The van der Waals surface area contributed by atoms with Gasteiger partial charge in [-0.15, -0.1) is 0 Å². The molecule has 1 fully saturated rings. The zero-order valence-electron chi connectivity index (χ0n) is 28.0. The second-order valence-electron chi connectivity index (χ2n) is 12.5. The topological polar surface area (TPSA) is 147 Å². The molecule has 0 spiro atoms. The largest absolute Gasteiger partial charge is 0.507 e. The van der Waals surface area contributed by atoms with Gasteiger partial charge in [-0.1, -0.05) is 80.1 Å². The maximum absolute atomic E-state index is 12.6. The van der Waals surface area contributed by atoms with Crippen LogP contribution in [0, 0.1) is 13.8 Å². The average Bonchev–Trinajstić information content (AvgIpc) is 3.08. The molecule has 9 nitrogen and oxygen atoms in total. The van der Waals surface area contributed by atoms with Crippen LogP contribution in [0.3, 0.4) is 0 Å². The van der Waals surface area contributed by atoms with E-state index in [1.54, 1.807) is 48.5 Å². The fraction of sp³-hybridized carbons (Fsp3) is 0.275. The Morgan fingerprint density at radius 3 is 1.76 bits per heavy atom. The number of piperidine rings is 1. The molecule has 1 aliphatic heterocycles. The smallest absolute Gasteiger partial charge is 0.339 e. The number of likely N-dealkylation sites (tertiary alicyclic amines) is 1. The summed E-state index contributed by atoms with van der Waals surface area (Å²) in [4.78, 5) is 38.2. The first-order valence-corrected chi connectivity index (χ1v) is 16.6. The zero-order chi connectivity index (χ0) is 35.2. The summed E-state index contributed by atoms with van der Waals surface area (Å²) in [5.41, 5.74) is 3.37. The van der Waals surface area contributed by atoms with Gasteiger partial charge in [0, 0.05) is 23.2 Å². The van der Waals surface area contributed by atoms with Crippen molar-refractivity contribution in [3.05, 3.63) is 112 Å². The molecule has 1 amide bonds. The number of carbonyl (C=O) groups excluding carboxylic acids is 1. The molecule has 0 radical (unpaired) electrons. The van der Waals surface area contributed by atoms with Gasteiger partial charge < -0.3 is 25.7 Å². The predicted molar refractivity (Wildman–Crippen MR) is 192 cm³/mol. The number of hydrogen-bond acceptors (Lipinski definition) is 6. The van der Waals surface area contributed by atoms with Crippen LogP contribution in [0.2, 0.25) is 0 Å². The Hall–Kier alpha value is -5.41. The number of carboxylic acids is 2. The Balaban J connectivity index is 0.000000205. The van der Waals surface area contributed by atoms with E-state index in [1.807, 2.05) is 32.0 Å². The zero-order valence-corrected chi connectivity index (χ0v) is 28.0. The van der Waals surface area contributed by atoms with Crippen molar-refractivity contribution in [3.8, 4) is 11.5 Å². The quantitative estimate of drug-likeness (QED) is 0.113. The van der Waals surface area contributed by atoms with Gasteiger partial charge in [0.05, 0.1) is 6.04 Å². The van der Waals surface area contributed by atoms with Crippen molar-refractivity contribution in [1.82, 2.24) is 4.90 Å². The van der Waals surface area contributed by atoms with Crippen LogP contribution in [-0.2, 0) is 11.2 Å². The normalized spacial score (nSPS) is 14.6. The standard InChI is InChI=1S/C23H16O6.C17H26N2O/c24-20-16(14-7-3-1-5-12(14)9-18(20)22(26)27)11-17-15-8-4-2-6-13(15)10-19(21(17)25)23(28)29;1-4-11-19-12-6-5-10-15(19)17(20)18-16-13(2)8-7-9-14(16)3/h1-10,24-25H,11H2,(H,26,27)(H,28,29);7-9,15H,4-6,10-12H2,1-3H3,(H,18,20)/t;15-/m.0/s1. The van der Waals surface area contributed by atoms with Crippen LogP contribution in [0.25, 0.3) is 21.5 Å². The fourth-order valence-electron chi connectivity index (χ4n) is 6.74. The third-order valence-corrected chi connectivity index (χ3v) is 9.22. The van der Waals surface area contributed by atoms with Gasteiger partial charge in [0.2, 0.25) is 5.91 Å². The van der Waals surface area contributed by atoms with Gasteiger partial charge in [-0.25, -0.2) is 9.59 Å². The van der Waals surface area contributed by atoms with E-state index in [-0.39, 0.29) is 29.5 Å². The summed E-state index contributed by atoms with van der Waals surface area (Å²) in [5, 5.41) is 46.0. The summed E-state index contributed by atoms with van der Waals surface area (Å²) >= 11 is 0. The van der Waals surface area contributed by atoms with Crippen molar-refractivity contribution < 1.29 is 34.8 Å². The number of fused-ring (bicyclic) bond motifs is 2. The van der Waals surface area contributed by atoms with Gasteiger partial charge in [-0.05, 0) is 91.0 Å². The summed E-state index contributed by atoms with van der Waals surface area (Å²) in [6.07, 6.45) is 4.42. The molecule has 0 aliphatic carbocycles. The Kier molecular flexibility index (Phi) is 10.8. The molecule has 5 aromatic carbocycles. The predicted octanol–water partition coefficient (Wildman–Crippen LogP) is 7.90. The average molecular weight is 663 g/mol. The van der Waals surface area contributed by atoms with Crippen molar-refractivity contribution in [2.45, 2.75) is 58.9 Å². The number of amides is 1. The number of benzene rings is 5. The molecule has 1 aliphatic rings. The number of aromatic hydroxyl groups is 2. The molecule has 5 aromatic rings. The first-order valence-electron chi connectivity index (χ1n) is 16.6. The molecule has 49 heavy (non-hydrogen) atoms. The molecule has 0 unspecified atom stereocenters. The summed E-state index contributed by atoms with van der Waals surface area (Å²) in [5.74, 6) is -3.19. The number of rotatable bonds is 8. The number of carbonyl (C=O) groups is 3. The minimum atomic E-state index is -1.28. The van der Waals surface area contributed by atoms with Gasteiger partial charge in [0.1, 0.15) is 22.6 Å². The van der Waals surface area contributed by atoms with Crippen LogP contribution < -0.4 is 5.32 Å². The maximum Gasteiger partial charge on any atom is 0.339 e. The molecule has 9 heteroatoms. The van der Waals surface area contributed by atoms with E-state index in [1.165, 1.54) is 18.6 Å². The molecular weight excluding hydrogens is 620 g/mol. The Morgan fingerprint density at radius 1 is 0.755 bits per heavy atom. The Morgan fingerprint density at radius 2 is 1.27 bits per heavy atom. The molecule has 5 N–H and O–H groups in total. The van der Waals surface area contributed by atoms with Crippen molar-refractivity contribution >= 4 is 45.1 Å². The van der Waals surface area contributed by atoms with Crippen LogP contribution in [-0.4, -0.2) is 62.3 Å². The van der Waals surface area contributed by atoms with E-state index in [0.717, 1.165) is 49.2 Å². The summed E-state index contributed by atoms with van der Waals surface area (Å²) in [7, 11) is 0. The highest BCUT2D eigenvalue weighted by molar-refractivity contribution is 6.02. The number of carboxylic acid groups (broad SMARTS) is 2. The summed E-state index contributed by atoms with van der Waals surface area (Å²) < 4.78 is 0. The van der Waals surface area contributed by atoms with Gasteiger partial charge >= 0.3 is 11.9 Å².